The molecule has 0 unspecified atom stereocenters. The number of nitrogens with zero attached hydrogens (tertiary/aromatic N) is 1. The largest absolute Gasteiger partial charge is 0.340 e. The first-order valence-corrected chi connectivity index (χ1v) is 7.18. The van der Waals surface area contributed by atoms with E-state index in [0.29, 0.717) is 6.42 Å². The monoisotopic (exact) mass is 252 g/mol. The van der Waals surface area contributed by atoms with Crippen LogP contribution in [0.15, 0.2) is 0 Å². The van der Waals surface area contributed by atoms with Gasteiger partial charge in [0.1, 0.15) is 6.04 Å². The van der Waals surface area contributed by atoms with E-state index < -0.39 is 0 Å². The van der Waals surface area contributed by atoms with Crippen LogP contribution in [0.4, 0.5) is 0 Å². The topological polar surface area (TPSA) is 52.9 Å². The Morgan fingerprint density at radius 2 is 1.83 bits per heavy atom. The van der Waals surface area contributed by atoms with Crippen molar-refractivity contribution in [3.63, 3.8) is 0 Å². The van der Waals surface area contributed by atoms with Crippen LogP contribution in [-0.2, 0) is 4.79 Å². The molecule has 3 nitrogen and oxygen atoms in total. The van der Waals surface area contributed by atoms with Crippen LogP contribution in [0.2, 0.25) is 0 Å². The molecule has 0 aromatic carbocycles. The summed E-state index contributed by atoms with van der Waals surface area (Å²) in [4.78, 5) is 12.1. The zero-order valence-corrected chi connectivity index (χ0v) is 12.4. The van der Waals surface area contributed by atoms with Crippen molar-refractivity contribution < 1.29 is 4.79 Å². The maximum absolute atomic E-state index is 12.1. The van der Waals surface area contributed by atoms with Crippen LogP contribution < -0.4 is 5.32 Å². The number of amides is 1. The molecule has 0 rings (SSSR count). The molecule has 0 aromatic rings. The minimum absolute atomic E-state index is 0.00592. The third-order valence-electron chi connectivity index (χ3n) is 3.39. The van der Waals surface area contributed by atoms with Gasteiger partial charge in [0.25, 0.3) is 0 Å². The van der Waals surface area contributed by atoms with E-state index >= 15 is 0 Å². The maximum Gasteiger partial charge on any atom is 0.226 e. The van der Waals surface area contributed by atoms with Gasteiger partial charge >= 0.3 is 0 Å². The predicted molar refractivity (Wildman–Crippen MR) is 75.0 cm³/mol. The standard InChI is InChI=1S/C15H28N2O/c1-5-7-8-9-10-11-15(3,4)14(18)17-13(6-2)12-16/h13H,5-11H2,1-4H3,(H,17,18)/t13-/m0/s1. The lowest BCUT2D eigenvalue weighted by molar-refractivity contribution is -0.130. The fraction of sp³-hybridized carbons (Fsp3) is 0.867. The summed E-state index contributed by atoms with van der Waals surface area (Å²) in [6.45, 7) is 8.04. The first-order chi connectivity index (χ1) is 8.47. The van der Waals surface area contributed by atoms with Gasteiger partial charge in [-0.3, -0.25) is 4.79 Å². The van der Waals surface area contributed by atoms with E-state index in [-0.39, 0.29) is 17.4 Å². The molecule has 0 aliphatic carbocycles. The second-order valence-electron chi connectivity index (χ2n) is 5.61. The Kier molecular flexibility index (Phi) is 8.45. The van der Waals surface area contributed by atoms with Gasteiger partial charge in [0.05, 0.1) is 6.07 Å². The van der Waals surface area contributed by atoms with Gasteiger partial charge in [0.2, 0.25) is 5.91 Å². The van der Waals surface area contributed by atoms with Crippen molar-refractivity contribution in [1.82, 2.24) is 5.32 Å². The molecule has 0 aromatic heterocycles. The van der Waals surface area contributed by atoms with Crippen molar-refractivity contribution >= 4 is 5.91 Å². The highest BCUT2D eigenvalue weighted by Gasteiger charge is 2.28. The van der Waals surface area contributed by atoms with Gasteiger partial charge in [-0.1, -0.05) is 59.8 Å². The first-order valence-electron chi connectivity index (χ1n) is 7.18. The van der Waals surface area contributed by atoms with E-state index in [1.807, 2.05) is 20.8 Å². The Morgan fingerprint density at radius 1 is 1.22 bits per heavy atom. The van der Waals surface area contributed by atoms with Crippen LogP contribution in [0.3, 0.4) is 0 Å². The molecule has 0 saturated heterocycles. The zero-order chi connectivity index (χ0) is 14.0. The molecule has 104 valence electrons. The number of hydrogen-bond acceptors (Lipinski definition) is 2. The molecule has 0 radical (unpaired) electrons. The number of nitriles is 1. The van der Waals surface area contributed by atoms with E-state index in [0.717, 1.165) is 12.8 Å². The second kappa shape index (κ2) is 8.97. The number of rotatable bonds is 9. The molecule has 0 saturated carbocycles. The highest BCUT2D eigenvalue weighted by molar-refractivity contribution is 5.82. The van der Waals surface area contributed by atoms with Crippen LogP contribution in [-0.4, -0.2) is 11.9 Å². The van der Waals surface area contributed by atoms with Crippen LogP contribution in [0.5, 0.6) is 0 Å². The van der Waals surface area contributed by atoms with E-state index in [1.165, 1.54) is 25.7 Å². The summed E-state index contributed by atoms with van der Waals surface area (Å²) in [5.74, 6) is 0.00592. The van der Waals surface area contributed by atoms with Crippen LogP contribution >= 0.6 is 0 Å². The zero-order valence-electron chi connectivity index (χ0n) is 12.4. The molecule has 3 heteroatoms. The molecule has 0 spiro atoms. The number of hydrogen-bond donors (Lipinski definition) is 1. The molecule has 1 N–H and O–H groups in total. The molecule has 0 fully saturated rings. The molecular formula is C15H28N2O. The van der Waals surface area contributed by atoms with Crippen molar-refractivity contribution in [3.8, 4) is 6.07 Å². The molecule has 1 atom stereocenters. The third kappa shape index (κ3) is 6.64. The molecule has 18 heavy (non-hydrogen) atoms. The smallest absolute Gasteiger partial charge is 0.226 e. The van der Waals surface area contributed by atoms with E-state index in [1.54, 1.807) is 0 Å². The van der Waals surface area contributed by atoms with Crippen LogP contribution in [0.1, 0.15) is 72.6 Å². The summed E-state index contributed by atoms with van der Waals surface area (Å²) in [7, 11) is 0. The fourth-order valence-corrected chi connectivity index (χ4v) is 1.86. The van der Waals surface area contributed by atoms with Gasteiger partial charge in [0.15, 0.2) is 0 Å². The van der Waals surface area contributed by atoms with E-state index in [2.05, 4.69) is 18.3 Å². The Hall–Kier alpha value is -1.04. The summed E-state index contributed by atoms with van der Waals surface area (Å²) < 4.78 is 0. The average Bonchev–Trinajstić information content (AvgIpc) is 2.35. The summed E-state index contributed by atoms with van der Waals surface area (Å²) >= 11 is 0. The SMILES string of the molecule is CCCCCCCC(C)(C)C(=O)N[C@H](C#N)CC. The number of carbonyl (C=O) groups excluding carboxylic acids is 1. The highest BCUT2D eigenvalue weighted by atomic mass is 16.2. The maximum atomic E-state index is 12.1. The Labute approximate surface area is 112 Å². The van der Waals surface area contributed by atoms with E-state index in [4.69, 9.17) is 5.26 Å². The van der Waals surface area contributed by atoms with Crippen molar-refractivity contribution in [3.05, 3.63) is 0 Å². The normalized spacial score (nSPS) is 12.8. The molecule has 0 bridgehead atoms. The van der Waals surface area contributed by atoms with Gasteiger partial charge in [-0.2, -0.15) is 5.26 Å². The average molecular weight is 252 g/mol. The minimum atomic E-state index is -0.365. The van der Waals surface area contributed by atoms with Gasteiger partial charge in [-0.05, 0) is 12.8 Å². The number of nitrogens with one attached hydrogen (secondary N) is 1. The lowest BCUT2D eigenvalue weighted by atomic mass is 9.85. The van der Waals surface area contributed by atoms with E-state index in [9.17, 15) is 4.79 Å². The summed E-state index contributed by atoms with van der Waals surface area (Å²) in [5, 5.41) is 11.7. The third-order valence-corrected chi connectivity index (χ3v) is 3.39. The Morgan fingerprint density at radius 3 is 2.33 bits per heavy atom. The number of carbonyl (C=O) groups is 1. The fourth-order valence-electron chi connectivity index (χ4n) is 1.86. The van der Waals surface area contributed by atoms with Crippen LogP contribution in [0.25, 0.3) is 0 Å². The molecule has 0 heterocycles. The molecule has 1 amide bonds. The molecule has 0 aliphatic heterocycles. The van der Waals surface area contributed by atoms with Crippen LogP contribution in [0, 0.1) is 16.7 Å². The van der Waals surface area contributed by atoms with Crippen molar-refractivity contribution in [2.75, 3.05) is 0 Å². The van der Waals surface area contributed by atoms with Crippen molar-refractivity contribution in [2.45, 2.75) is 78.7 Å². The van der Waals surface area contributed by atoms with Crippen molar-refractivity contribution in [1.29, 1.82) is 5.26 Å². The minimum Gasteiger partial charge on any atom is -0.340 e. The summed E-state index contributed by atoms with van der Waals surface area (Å²) in [5.41, 5.74) is -0.365. The summed E-state index contributed by atoms with van der Waals surface area (Å²) in [6, 6.07) is 1.76. The molecule has 0 aliphatic rings. The summed E-state index contributed by atoms with van der Waals surface area (Å²) in [6.07, 6.45) is 7.61. The highest BCUT2D eigenvalue weighted by Crippen LogP contribution is 2.24. The number of unbranched alkanes of at least 4 members (excludes halogenated alkanes) is 4. The Bertz CT molecular complexity index is 279. The lowest BCUT2D eigenvalue weighted by Gasteiger charge is -2.24. The van der Waals surface area contributed by atoms with Gasteiger partial charge in [-0.15, -0.1) is 0 Å². The predicted octanol–water partition coefficient (Wildman–Crippen LogP) is 3.79. The quantitative estimate of drug-likeness (QED) is 0.635. The first kappa shape index (κ1) is 17.0. The lowest BCUT2D eigenvalue weighted by Crippen LogP contribution is -2.42. The van der Waals surface area contributed by atoms with Gasteiger partial charge in [0, 0.05) is 5.41 Å². The molecular weight excluding hydrogens is 224 g/mol. The van der Waals surface area contributed by atoms with Gasteiger partial charge < -0.3 is 5.32 Å². The van der Waals surface area contributed by atoms with Gasteiger partial charge in [-0.25, -0.2) is 0 Å². The second-order valence-corrected chi connectivity index (χ2v) is 5.61. The van der Waals surface area contributed by atoms with Crippen molar-refractivity contribution in [2.24, 2.45) is 5.41 Å². The Balaban J connectivity index is 4.03.